The molecule has 0 fully saturated rings. The molecular formula is C20H26N2O3. The van der Waals surface area contributed by atoms with Crippen LogP contribution in [-0.2, 0) is 11.3 Å². The van der Waals surface area contributed by atoms with Crippen LogP contribution in [0.4, 0.5) is 5.69 Å². The number of anilines is 1. The first-order valence-electron chi connectivity index (χ1n) is 8.19. The largest absolute Gasteiger partial charge is 0.493 e. The van der Waals surface area contributed by atoms with Crippen LogP contribution in [0.3, 0.4) is 0 Å². The Bertz CT molecular complexity index is 744. The third-order valence-electron chi connectivity index (χ3n) is 3.98. The number of likely N-dealkylation sites (N-methyl/N-ethyl adjacent to an activating group) is 1. The van der Waals surface area contributed by atoms with Gasteiger partial charge in [-0.3, -0.25) is 9.69 Å². The van der Waals surface area contributed by atoms with Crippen molar-refractivity contribution < 1.29 is 14.3 Å². The molecule has 134 valence electrons. The SMILES string of the molecule is COc1ccc(CN(C)CC(=O)Nc2cc(C)ccc2C)cc1OC. The molecule has 0 saturated carbocycles. The highest BCUT2D eigenvalue weighted by atomic mass is 16.5. The number of ether oxygens (including phenoxy) is 2. The summed E-state index contributed by atoms with van der Waals surface area (Å²) in [6, 6.07) is 11.8. The molecule has 0 bridgehead atoms. The molecule has 1 N–H and O–H groups in total. The Kier molecular flexibility index (Phi) is 6.42. The molecule has 0 radical (unpaired) electrons. The zero-order chi connectivity index (χ0) is 18.4. The molecule has 2 aromatic carbocycles. The maximum absolute atomic E-state index is 12.3. The lowest BCUT2D eigenvalue weighted by atomic mass is 10.1. The lowest BCUT2D eigenvalue weighted by molar-refractivity contribution is -0.117. The molecule has 0 spiro atoms. The van der Waals surface area contributed by atoms with Crippen LogP contribution in [0.1, 0.15) is 16.7 Å². The van der Waals surface area contributed by atoms with Crippen LogP contribution in [0.5, 0.6) is 11.5 Å². The number of hydrogen-bond acceptors (Lipinski definition) is 4. The average Bonchev–Trinajstić information content (AvgIpc) is 2.57. The Morgan fingerprint density at radius 3 is 2.44 bits per heavy atom. The number of carbonyl (C=O) groups excluding carboxylic acids is 1. The van der Waals surface area contributed by atoms with E-state index >= 15 is 0 Å². The van der Waals surface area contributed by atoms with Gasteiger partial charge in [-0.05, 0) is 55.8 Å². The van der Waals surface area contributed by atoms with Crippen molar-refractivity contribution in [1.82, 2.24) is 4.90 Å². The maximum atomic E-state index is 12.3. The summed E-state index contributed by atoms with van der Waals surface area (Å²) < 4.78 is 10.6. The van der Waals surface area contributed by atoms with Crippen molar-refractivity contribution in [2.75, 3.05) is 33.1 Å². The summed E-state index contributed by atoms with van der Waals surface area (Å²) in [5.74, 6) is 1.35. The molecule has 0 heterocycles. The van der Waals surface area contributed by atoms with Crippen molar-refractivity contribution in [3.05, 3.63) is 53.1 Å². The van der Waals surface area contributed by atoms with E-state index in [4.69, 9.17) is 9.47 Å². The second-order valence-electron chi connectivity index (χ2n) is 6.23. The predicted octanol–water partition coefficient (Wildman–Crippen LogP) is 3.39. The molecule has 0 aliphatic carbocycles. The fourth-order valence-electron chi connectivity index (χ4n) is 2.65. The molecule has 5 heteroatoms. The number of hydrogen-bond donors (Lipinski definition) is 1. The van der Waals surface area contributed by atoms with Crippen LogP contribution < -0.4 is 14.8 Å². The molecule has 25 heavy (non-hydrogen) atoms. The van der Waals surface area contributed by atoms with E-state index in [1.165, 1.54) is 0 Å². The van der Waals surface area contributed by atoms with Crippen LogP contribution in [0.25, 0.3) is 0 Å². The zero-order valence-electron chi connectivity index (χ0n) is 15.6. The first kappa shape index (κ1) is 18.8. The van der Waals surface area contributed by atoms with Gasteiger partial charge in [0.15, 0.2) is 11.5 Å². The summed E-state index contributed by atoms with van der Waals surface area (Å²) in [6.45, 7) is 4.95. The lowest BCUT2D eigenvalue weighted by Gasteiger charge is -2.18. The monoisotopic (exact) mass is 342 g/mol. The Morgan fingerprint density at radius 1 is 1.04 bits per heavy atom. The van der Waals surface area contributed by atoms with Gasteiger partial charge in [-0.1, -0.05) is 18.2 Å². The van der Waals surface area contributed by atoms with E-state index < -0.39 is 0 Å². The standard InChI is InChI=1S/C20H26N2O3/c1-14-6-7-15(2)17(10-14)21-20(23)13-22(3)12-16-8-9-18(24-4)19(11-16)25-5/h6-11H,12-13H2,1-5H3,(H,21,23). The Hall–Kier alpha value is -2.53. The third-order valence-corrected chi connectivity index (χ3v) is 3.98. The molecule has 1 amide bonds. The quantitative estimate of drug-likeness (QED) is 0.838. The topological polar surface area (TPSA) is 50.8 Å². The Balaban J connectivity index is 1.96. The van der Waals surface area contributed by atoms with E-state index in [-0.39, 0.29) is 5.91 Å². The van der Waals surface area contributed by atoms with E-state index in [0.717, 1.165) is 22.4 Å². The van der Waals surface area contributed by atoms with E-state index in [2.05, 4.69) is 5.32 Å². The highest BCUT2D eigenvalue weighted by Gasteiger charge is 2.11. The van der Waals surface area contributed by atoms with Crippen LogP contribution in [0, 0.1) is 13.8 Å². The van der Waals surface area contributed by atoms with E-state index in [0.29, 0.717) is 24.6 Å². The normalized spacial score (nSPS) is 10.6. The predicted molar refractivity (Wildman–Crippen MR) is 100 cm³/mol. The summed E-state index contributed by atoms with van der Waals surface area (Å²) in [7, 11) is 5.14. The van der Waals surface area contributed by atoms with E-state index in [9.17, 15) is 4.79 Å². The number of rotatable bonds is 7. The van der Waals surface area contributed by atoms with Gasteiger partial charge in [0, 0.05) is 12.2 Å². The fraction of sp³-hybridized carbons (Fsp3) is 0.350. The molecule has 0 aliphatic rings. The van der Waals surface area contributed by atoms with Gasteiger partial charge in [0.05, 0.1) is 20.8 Å². The first-order valence-corrected chi connectivity index (χ1v) is 8.19. The molecule has 2 aromatic rings. The van der Waals surface area contributed by atoms with Gasteiger partial charge < -0.3 is 14.8 Å². The first-order chi connectivity index (χ1) is 11.9. The number of amides is 1. The highest BCUT2D eigenvalue weighted by molar-refractivity contribution is 5.93. The Labute approximate surface area is 149 Å². The summed E-state index contributed by atoms with van der Waals surface area (Å²) in [5.41, 5.74) is 4.10. The number of nitrogens with zero attached hydrogens (tertiary/aromatic N) is 1. The molecule has 0 unspecified atom stereocenters. The zero-order valence-corrected chi connectivity index (χ0v) is 15.6. The van der Waals surface area contributed by atoms with E-state index in [1.54, 1.807) is 14.2 Å². The van der Waals surface area contributed by atoms with Crippen LogP contribution in [0.2, 0.25) is 0 Å². The van der Waals surface area contributed by atoms with Gasteiger partial charge in [0.25, 0.3) is 0 Å². The van der Waals surface area contributed by atoms with Crippen molar-refractivity contribution in [3.8, 4) is 11.5 Å². The molecule has 5 nitrogen and oxygen atoms in total. The lowest BCUT2D eigenvalue weighted by Crippen LogP contribution is -2.30. The van der Waals surface area contributed by atoms with Crippen LogP contribution >= 0.6 is 0 Å². The van der Waals surface area contributed by atoms with Gasteiger partial charge in [-0.25, -0.2) is 0 Å². The number of aryl methyl sites for hydroxylation is 2. The van der Waals surface area contributed by atoms with Crippen molar-refractivity contribution in [2.45, 2.75) is 20.4 Å². The smallest absolute Gasteiger partial charge is 0.238 e. The number of benzene rings is 2. The minimum Gasteiger partial charge on any atom is -0.493 e. The second-order valence-corrected chi connectivity index (χ2v) is 6.23. The molecular weight excluding hydrogens is 316 g/mol. The minimum absolute atomic E-state index is 0.0309. The summed E-state index contributed by atoms with van der Waals surface area (Å²) in [4.78, 5) is 14.3. The molecule has 0 saturated heterocycles. The number of methoxy groups -OCH3 is 2. The maximum Gasteiger partial charge on any atom is 0.238 e. The summed E-state index contributed by atoms with van der Waals surface area (Å²) in [5, 5.41) is 2.98. The van der Waals surface area contributed by atoms with Gasteiger partial charge in [-0.15, -0.1) is 0 Å². The molecule has 2 rings (SSSR count). The average molecular weight is 342 g/mol. The van der Waals surface area contributed by atoms with Gasteiger partial charge in [-0.2, -0.15) is 0 Å². The van der Waals surface area contributed by atoms with Crippen molar-refractivity contribution in [3.63, 3.8) is 0 Å². The number of nitrogens with one attached hydrogen (secondary N) is 1. The fourth-order valence-corrected chi connectivity index (χ4v) is 2.65. The van der Waals surface area contributed by atoms with Gasteiger partial charge >= 0.3 is 0 Å². The van der Waals surface area contributed by atoms with Crippen LogP contribution in [0.15, 0.2) is 36.4 Å². The van der Waals surface area contributed by atoms with Gasteiger partial charge in [0.2, 0.25) is 5.91 Å². The Morgan fingerprint density at radius 2 is 1.76 bits per heavy atom. The van der Waals surface area contributed by atoms with Crippen molar-refractivity contribution in [1.29, 1.82) is 0 Å². The summed E-state index contributed by atoms with van der Waals surface area (Å²) in [6.07, 6.45) is 0. The van der Waals surface area contributed by atoms with Crippen LogP contribution in [-0.4, -0.2) is 38.6 Å². The summed E-state index contributed by atoms with van der Waals surface area (Å²) >= 11 is 0. The third kappa shape index (κ3) is 5.22. The molecule has 0 atom stereocenters. The number of carbonyl (C=O) groups is 1. The van der Waals surface area contributed by atoms with Crippen molar-refractivity contribution in [2.24, 2.45) is 0 Å². The highest BCUT2D eigenvalue weighted by Crippen LogP contribution is 2.27. The molecule has 0 aliphatic heterocycles. The minimum atomic E-state index is -0.0309. The second kappa shape index (κ2) is 8.53. The molecule has 0 aromatic heterocycles. The van der Waals surface area contributed by atoms with E-state index in [1.807, 2.05) is 62.2 Å². The van der Waals surface area contributed by atoms with Gasteiger partial charge in [0.1, 0.15) is 0 Å². The van der Waals surface area contributed by atoms with Crippen molar-refractivity contribution >= 4 is 11.6 Å².